The molecule has 1 unspecified atom stereocenters. The number of aliphatic hydroxyl groups excluding tert-OH is 1. The van der Waals surface area contributed by atoms with Gasteiger partial charge in [0.2, 0.25) is 0 Å². The topological polar surface area (TPSA) is 46.2 Å². The van der Waals surface area contributed by atoms with Crippen LogP contribution in [0, 0.1) is 5.41 Å². The van der Waals surface area contributed by atoms with Crippen LogP contribution < -0.4 is 5.73 Å². The number of aliphatic hydroxyl groups is 1. The lowest BCUT2D eigenvalue weighted by molar-refractivity contribution is 0.234. The van der Waals surface area contributed by atoms with Gasteiger partial charge >= 0.3 is 0 Å². The Bertz CT molecular complexity index is 111. The predicted octanol–water partition coefficient (Wildman–Crippen LogP) is 0.106. The molecule has 0 aromatic rings. The summed E-state index contributed by atoms with van der Waals surface area (Å²) in [5.41, 5.74) is 5.60. The first-order chi connectivity index (χ1) is 3.52. The molecular formula is C6H13NO. The number of hydrogen-bond donors (Lipinski definition) is 2. The maximum atomic E-state index is 8.68. The lowest BCUT2D eigenvalue weighted by Crippen LogP contribution is -2.32. The minimum absolute atomic E-state index is 0.125. The van der Waals surface area contributed by atoms with Crippen LogP contribution in [0.3, 0.4) is 0 Å². The van der Waals surface area contributed by atoms with Crippen LogP contribution in [0.2, 0.25) is 0 Å². The highest BCUT2D eigenvalue weighted by molar-refractivity contribution is 5.14. The molecule has 1 aliphatic carbocycles. The third-order valence-electron chi connectivity index (χ3n) is 2.26. The third-order valence-corrected chi connectivity index (χ3v) is 2.26. The highest BCUT2D eigenvalue weighted by Crippen LogP contribution is 2.52. The second kappa shape index (κ2) is 1.25. The summed E-state index contributed by atoms with van der Waals surface area (Å²) in [5.74, 6) is 0. The highest BCUT2D eigenvalue weighted by atomic mass is 16.3. The van der Waals surface area contributed by atoms with Crippen LogP contribution in [0.4, 0.5) is 0 Å². The molecule has 0 amide bonds. The Balaban J connectivity index is 2.55. The van der Waals surface area contributed by atoms with Gasteiger partial charge in [0.15, 0.2) is 0 Å². The van der Waals surface area contributed by atoms with E-state index in [9.17, 15) is 0 Å². The third kappa shape index (κ3) is 0.565. The van der Waals surface area contributed by atoms with Crippen LogP contribution in [-0.4, -0.2) is 17.3 Å². The molecule has 0 radical (unpaired) electrons. The molecule has 3 N–H and O–H groups in total. The minimum Gasteiger partial charge on any atom is -0.394 e. The molecule has 1 aliphatic rings. The average molecular weight is 115 g/mol. The van der Waals surface area contributed by atoms with Crippen LogP contribution in [0.5, 0.6) is 0 Å². The van der Waals surface area contributed by atoms with E-state index in [1.54, 1.807) is 0 Å². The van der Waals surface area contributed by atoms with Gasteiger partial charge in [0.05, 0.1) is 6.61 Å². The van der Waals surface area contributed by atoms with Gasteiger partial charge < -0.3 is 10.8 Å². The molecular weight excluding hydrogens is 102 g/mol. The molecule has 0 aliphatic heterocycles. The Morgan fingerprint density at radius 1 is 1.62 bits per heavy atom. The van der Waals surface area contributed by atoms with E-state index in [4.69, 9.17) is 10.8 Å². The fourth-order valence-corrected chi connectivity index (χ4v) is 1.01. The van der Waals surface area contributed by atoms with Crippen molar-refractivity contribution in [3.05, 3.63) is 0 Å². The number of nitrogens with two attached hydrogens (primary N) is 1. The van der Waals surface area contributed by atoms with Gasteiger partial charge in [-0.1, -0.05) is 13.8 Å². The molecule has 1 rings (SSSR count). The molecule has 1 atom stereocenters. The number of rotatable bonds is 1. The number of hydrogen-bond acceptors (Lipinski definition) is 2. The van der Waals surface area contributed by atoms with Crippen molar-refractivity contribution in [2.75, 3.05) is 6.61 Å². The molecule has 0 aromatic heterocycles. The lowest BCUT2D eigenvalue weighted by atomic mass is 10.1. The zero-order valence-corrected chi connectivity index (χ0v) is 5.44. The summed E-state index contributed by atoms with van der Waals surface area (Å²) in [6.45, 7) is 4.27. The summed E-state index contributed by atoms with van der Waals surface area (Å²) in [5, 5.41) is 8.68. The SMILES string of the molecule is CC1(C)CC1(N)CO. The Morgan fingerprint density at radius 3 is 2.00 bits per heavy atom. The van der Waals surface area contributed by atoms with Gasteiger partial charge in [0, 0.05) is 5.54 Å². The molecule has 1 fully saturated rings. The molecule has 0 heterocycles. The van der Waals surface area contributed by atoms with Crippen LogP contribution in [0.25, 0.3) is 0 Å². The Labute approximate surface area is 49.7 Å². The maximum Gasteiger partial charge on any atom is 0.0616 e. The van der Waals surface area contributed by atoms with E-state index in [-0.39, 0.29) is 17.6 Å². The molecule has 0 aromatic carbocycles. The highest BCUT2D eigenvalue weighted by Gasteiger charge is 2.57. The summed E-state index contributed by atoms with van der Waals surface area (Å²) in [6.07, 6.45) is 0.955. The van der Waals surface area contributed by atoms with Gasteiger partial charge in [-0.25, -0.2) is 0 Å². The van der Waals surface area contributed by atoms with E-state index in [2.05, 4.69) is 13.8 Å². The van der Waals surface area contributed by atoms with E-state index >= 15 is 0 Å². The van der Waals surface area contributed by atoms with Crippen molar-refractivity contribution in [1.82, 2.24) is 0 Å². The standard InChI is InChI=1S/C6H13NO/c1-5(2)3-6(5,7)4-8/h8H,3-4,7H2,1-2H3. The van der Waals surface area contributed by atoms with Crippen molar-refractivity contribution in [3.8, 4) is 0 Å². The zero-order chi connectivity index (χ0) is 6.41. The van der Waals surface area contributed by atoms with Gasteiger partial charge in [-0.15, -0.1) is 0 Å². The van der Waals surface area contributed by atoms with Gasteiger partial charge in [-0.3, -0.25) is 0 Å². The fourth-order valence-electron chi connectivity index (χ4n) is 1.01. The van der Waals surface area contributed by atoms with Crippen LogP contribution >= 0.6 is 0 Å². The van der Waals surface area contributed by atoms with Crippen molar-refractivity contribution in [2.24, 2.45) is 11.1 Å². The van der Waals surface area contributed by atoms with Crippen molar-refractivity contribution in [2.45, 2.75) is 25.8 Å². The first-order valence-corrected chi connectivity index (χ1v) is 2.92. The Hall–Kier alpha value is -0.0800. The van der Waals surface area contributed by atoms with E-state index in [0.29, 0.717) is 0 Å². The summed E-state index contributed by atoms with van der Waals surface area (Å²) in [4.78, 5) is 0. The minimum atomic E-state index is -0.257. The Kier molecular flexibility index (Phi) is 0.946. The van der Waals surface area contributed by atoms with Crippen LogP contribution in [-0.2, 0) is 0 Å². The monoisotopic (exact) mass is 115 g/mol. The van der Waals surface area contributed by atoms with Gasteiger partial charge in [0.25, 0.3) is 0 Å². The van der Waals surface area contributed by atoms with Crippen LogP contribution in [0.15, 0.2) is 0 Å². The molecule has 2 nitrogen and oxygen atoms in total. The van der Waals surface area contributed by atoms with Gasteiger partial charge in [-0.2, -0.15) is 0 Å². The molecule has 8 heavy (non-hydrogen) atoms. The molecule has 1 saturated carbocycles. The maximum absolute atomic E-state index is 8.68. The molecule has 0 bridgehead atoms. The van der Waals surface area contributed by atoms with Crippen molar-refractivity contribution >= 4 is 0 Å². The van der Waals surface area contributed by atoms with Crippen molar-refractivity contribution in [1.29, 1.82) is 0 Å². The molecule has 48 valence electrons. The quantitative estimate of drug-likeness (QED) is 0.509. The fraction of sp³-hybridized carbons (Fsp3) is 1.00. The molecule has 0 saturated heterocycles. The van der Waals surface area contributed by atoms with E-state index in [1.165, 1.54) is 0 Å². The summed E-state index contributed by atoms with van der Waals surface area (Å²) in [6, 6.07) is 0. The zero-order valence-electron chi connectivity index (χ0n) is 5.44. The first kappa shape index (κ1) is 6.05. The Morgan fingerprint density at radius 2 is 2.00 bits per heavy atom. The predicted molar refractivity (Wildman–Crippen MR) is 32.4 cm³/mol. The second-order valence-corrected chi connectivity index (χ2v) is 3.37. The van der Waals surface area contributed by atoms with E-state index < -0.39 is 0 Å². The summed E-state index contributed by atoms with van der Waals surface area (Å²) in [7, 11) is 0. The average Bonchev–Trinajstić information content (AvgIpc) is 2.10. The second-order valence-electron chi connectivity index (χ2n) is 3.37. The van der Waals surface area contributed by atoms with Gasteiger partial charge in [-0.05, 0) is 11.8 Å². The smallest absolute Gasteiger partial charge is 0.0616 e. The van der Waals surface area contributed by atoms with Crippen molar-refractivity contribution in [3.63, 3.8) is 0 Å². The van der Waals surface area contributed by atoms with E-state index in [0.717, 1.165) is 6.42 Å². The first-order valence-electron chi connectivity index (χ1n) is 2.92. The summed E-state index contributed by atoms with van der Waals surface area (Å²) < 4.78 is 0. The largest absolute Gasteiger partial charge is 0.394 e. The van der Waals surface area contributed by atoms with Gasteiger partial charge in [0.1, 0.15) is 0 Å². The normalized spacial score (nSPS) is 42.0. The molecule has 2 heteroatoms. The summed E-state index contributed by atoms with van der Waals surface area (Å²) >= 11 is 0. The van der Waals surface area contributed by atoms with Crippen molar-refractivity contribution < 1.29 is 5.11 Å². The lowest BCUT2D eigenvalue weighted by Gasteiger charge is -2.09. The van der Waals surface area contributed by atoms with E-state index in [1.807, 2.05) is 0 Å². The molecule has 0 spiro atoms. The van der Waals surface area contributed by atoms with Crippen LogP contribution in [0.1, 0.15) is 20.3 Å².